The van der Waals surface area contributed by atoms with Crippen molar-refractivity contribution in [3.05, 3.63) is 77.3 Å². The first-order valence-electron chi connectivity index (χ1n) is 7.88. The maximum atomic E-state index is 13.4. The Hall–Kier alpha value is -2.71. The van der Waals surface area contributed by atoms with Crippen molar-refractivity contribution in [3.63, 3.8) is 0 Å². The SMILES string of the molecule is O=C(CS(=O)(=O)c1nccn1-c1cccc(F)c1)NCc1cccc(Cl)c1. The second-order valence-corrected chi connectivity index (χ2v) is 8.05. The second kappa shape index (κ2) is 7.89. The first-order chi connectivity index (χ1) is 12.8. The van der Waals surface area contributed by atoms with Gasteiger partial charge in [-0.25, -0.2) is 17.8 Å². The molecule has 27 heavy (non-hydrogen) atoms. The summed E-state index contributed by atoms with van der Waals surface area (Å²) in [5.74, 6) is -1.97. The molecule has 1 amide bonds. The van der Waals surface area contributed by atoms with Gasteiger partial charge in [-0.15, -0.1) is 0 Å². The van der Waals surface area contributed by atoms with E-state index >= 15 is 0 Å². The van der Waals surface area contributed by atoms with Gasteiger partial charge in [0.05, 0.1) is 5.69 Å². The molecule has 2 aromatic carbocycles. The first-order valence-corrected chi connectivity index (χ1v) is 9.91. The molecule has 0 atom stereocenters. The molecule has 0 aliphatic heterocycles. The molecule has 0 spiro atoms. The van der Waals surface area contributed by atoms with Crippen LogP contribution in [0.5, 0.6) is 0 Å². The first kappa shape index (κ1) is 19.1. The van der Waals surface area contributed by atoms with Crippen LogP contribution in [0, 0.1) is 5.82 Å². The topological polar surface area (TPSA) is 81.1 Å². The summed E-state index contributed by atoms with van der Waals surface area (Å²) < 4.78 is 39.8. The van der Waals surface area contributed by atoms with Crippen LogP contribution in [0.15, 0.2) is 66.1 Å². The van der Waals surface area contributed by atoms with Gasteiger partial charge in [-0.05, 0) is 35.9 Å². The number of carbonyl (C=O) groups excluding carboxylic acids is 1. The zero-order valence-corrected chi connectivity index (χ0v) is 15.5. The predicted octanol–water partition coefficient (Wildman–Crippen LogP) is 2.75. The van der Waals surface area contributed by atoms with Gasteiger partial charge in [0.2, 0.25) is 20.9 Å². The van der Waals surface area contributed by atoms with Crippen molar-refractivity contribution in [1.82, 2.24) is 14.9 Å². The fraction of sp³-hybridized carbons (Fsp3) is 0.111. The van der Waals surface area contributed by atoms with Gasteiger partial charge in [0.15, 0.2) is 0 Å². The smallest absolute Gasteiger partial charge is 0.235 e. The Morgan fingerprint density at radius 1 is 1.19 bits per heavy atom. The van der Waals surface area contributed by atoms with Gasteiger partial charge >= 0.3 is 0 Å². The summed E-state index contributed by atoms with van der Waals surface area (Å²) in [7, 11) is -4.03. The summed E-state index contributed by atoms with van der Waals surface area (Å²) in [6.07, 6.45) is 2.67. The van der Waals surface area contributed by atoms with Crippen molar-refractivity contribution in [3.8, 4) is 5.69 Å². The minimum absolute atomic E-state index is 0.146. The highest BCUT2D eigenvalue weighted by molar-refractivity contribution is 7.92. The fourth-order valence-electron chi connectivity index (χ4n) is 2.48. The molecule has 0 aliphatic carbocycles. The standard InChI is InChI=1S/C18H15ClFN3O3S/c19-14-4-1-3-13(9-14)11-22-17(24)12-27(25,26)18-21-7-8-23(18)16-6-2-5-15(20)10-16/h1-10H,11-12H2,(H,22,24). The van der Waals surface area contributed by atoms with Crippen LogP contribution >= 0.6 is 11.6 Å². The number of rotatable bonds is 6. The maximum absolute atomic E-state index is 13.4. The molecule has 1 heterocycles. The van der Waals surface area contributed by atoms with Gasteiger partial charge in [0.25, 0.3) is 0 Å². The number of halogens is 2. The Kier molecular flexibility index (Phi) is 5.57. The Balaban J connectivity index is 1.74. The highest BCUT2D eigenvalue weighted by atomic mass is 35.5. The van der Waals surface area contributed by atoms with Crippen LogP contribution in [-0.2, 0) is 21.2 Å². The van der Waals surface area contributed by atoms with E-state index in [0.717, 1.165) is 5.56 Å². The predicted molar refractivity (Wildman–Crippen MR) is 98.9 cm³/mol. The third-order valence-electron chi connectivity index (χ3n) is 3.67. The van der Waals surface area contributed by atoms with Gasteiger partial charge in [-0.2, -0.15) is 0 Å². The summed E-state index contributed by atoms with van der Waals surface area (Å²) in [4.78, 5) is 15.9. The van der Waals surface area contributed by atoms with E-state index in [1.807, 2.05) is 0 Å². The molecule has 140 valence electrons. The molecule has 0 saturated heterocycles. The summed E-state index contributed by atoms with van der Waals surface area (Å²) in [5, 5.41) is 2.73. The average Bonchev–Trinajstić information content (AvgIpc) is 3.11. The lowest BCUT2D eigenvalue weighted by Crippen LogP contribution is -2.30. The summed E-state index contributed by atoms with van der Waals surface area (Å²) in [5.41, 5.74) is 1.04. The van der Waals surface area contributed by atoms with E-state index in [2.05, 4.69) is 10.3 Å². The Bertz CT molecular complexity index is 1080. The van der Waals surface area contributed by atoms with Crippen molar-refractivity contribution in [1.29, 1.82) is 0 Å². The largest absolute Gasteiger partial charge is 0.351 e. The number of hydrogen-bond acceptors (Lipinski definition) is 4. The molecule has 0 saturated carbocycles. The molecule has 0 radical (unpaired) electrons. The highest BCUT2D eigenvalue weighted by Crippen LogP contribution is 2.17. The monoisotopic (exact) mass is 407 g/mol. The lowest BCUT2D eigenvalue weighted by atomic mass is 10.2. The number of imidazole rings is 1. The lowest BCUT2D eigenvalue weighted by Gasteiger charge is -2.09. The van der Waals surface area contributed by atoms with E-state index in [1.54, 1.807) is 30.3 Å². The molecule has 0 aliphatic rings. The molecular formula is C18H15ClFN3O3S. The third-order valence-corrected chi connectivity index (χ3v) is 5.41. The van der Waals surface area contributed by atoms with Crippen LogP contribution in [0.2, 0.25) is 5.02 Å². The molecule has 3 rings (SSSR count). The number of nitrogens with zero attached hydrogens (tertiary/aromatic N) is 2. The molecule has 9 heteroatoms. The number of amides is 1. The minimum Gasteiger partial charge on any atom is -0.351 e. The van der Waals surface area contributed by atoms with Crippen LogP contribution < -0.4 is 5.32 Å². The molecule has 0 fully saturated rings. The highest BCUT2D eigenvalue weighted by Gasteiger charge is 2.25. The molecule has 0 unspecified atom stereocenters. The lowest BCUT2D eigenvalue weighted by molar-refractivity contribution is -0.118. The van der Waals surface area contributed by atoms with Gasteiger partial charge in [-0.3, -0.25) is 9.36 Å². The zero-order valence-electron chi connectivity index (χ0n) is 14.0. The van der Waals surface area contributed by atoms with Gasteiger partial charge < -0.3 is 5.32 Å². The van der Waals surface area contributed by atoms with Gasteiger partial charge in [0.1, 0.15) is 11.6 Å². The van der Waals surface area contributed by atoms with Crippen molar-refractivity contribution < 1.29 is 17.6 Å². The Morgan fingerprint density at radius 3 is 2.70 bits per heavy atom. The summed E-state index contributed by atoms with van der Waals surface area (Å²) in [6, 6.07) is 12.3. The molecular weight excluding hydrogens is 393 g/mol. The minimum atomic E-state index is -4.03. The molecule has 0 bridgehead atoms. The van der Waals surface area contributed by atoms with E-state index in [0.29, 0.717) is 10.7 Å². The molecule has 3 aromatic rings. The maximum Gasteiger partial charge on any atom is 0.235 e. The second-order valence-electron chi connectivity index (χ2n) is 5.73. The van der Waals surface area contributed by atoms with E-state index in [9.17, 15) is 17.6 Å². The van der Waals surface area contributed by atoms with Crippen molar-refractivity contribution in [2.45, 2.75) is 11.7 Å². The number of aromatic nitrogens is 2. The molecule has 1 aromatic heterocycles. The fourth-order valence-corrected chi connectivity index (χ4v) is 3.95. The van der Waals surface area contributed by atoms with Crippen LogP contribution in [0.1, 0.15) is 5.56 Å². The number of carbonyl (C=O) groups is 1. The van der Waals surface area contributed by atoms with Crippen molar-refractivity contribution in [2.75, 3.05) is 5.75 Å². The van der Waals surface area contributed by atoms with E-state index < -0.39 is 27.3 Å². The quantitative estimate of drug-likeness (QED) is 0.681. The van der Waals surface area contributed by atoms with E-state index in [4.69, 9.17) is 11.6 Å². The Labute approximate surface area is 160 Å². The van der Waals surface area contributed by atoms with Crippen LogP contribution in [0.25, 0.3) is 5.69 Å². The Morgan fingerprint density at radius 2 is 1.96 bits per heavy atom. The third kappa shape index (κ3) is 4.72. The van der Waals surface area contributed by atoms with Crippen molar-refractivity contribution >= 4 is 27.3 Å². The number of sulfone groups is 1. The number of hydrogen-bond donors (Lipinski definition) is 1. The van der Waals surface area contributed by atoms with Crippen molar-refractivity contribution in [2.24, 2.45) is 0 Å². The van der Waals surface area contributed by atoms with Gasteiger partial charge in [-0.1, -0.05) is 29.8 Å². The summed E-state index contributed by atoms with van der Waals surface area (Å²) >= 11 is 5.87. The van der Waals surface area contributed by atoms with E-state index in [-0.39, 0.29) is 11.7 Å². The average molecular weight is 408 g/mol. The normalized spacial score (nSPS) is 11.3. The number of nitrogens with one attached hydrogen (secondary N) is 1. The van der Waals surface area contributed by atoms with E-state index in [1.165, 1.54) is 35.2 Å². The summed E-state index contributed by atoms with van der Waals surface area (Å²) in [6.45, 7) is 0.146. The number of benzene rings is 2. The van der Waals surface area contributed by atoms with Crippen LogP contribution in [-0.4, -0.2) is 29.6 Å². The molecule has 1 N–H and O–H groups in total. The zero-order chi connectivity index (χ0) is 19.4. The van der Waals surface area contributed by atoms with Crippen LogP contribution in [0.4, 0.5) is 4.39 Å². The van der Waals surface area contributed by atoms with Crippen LogP contribution in [0.3, 0.4) is 0 Å². The van der Waals surface area contributed by atoms with Gasteiger partial charge in [0, 0.05) is 24.0 Å². The molecule has 6 nitrogen and oxygen atoms in total.